The predicted molar refractivity (Wildman–Crippen MR) is 61.0 cm³/mol. The maximum absolute atomic E-state index is 11.5. The molecular formula is C12H12N2O2. The van der Waals surface area contributed by atoms with Gasteiger partial charge in [-0.1, -0.05) is 30.3 Å². The normalized spacial score (nSPS) is 13.9. The van der Waals surface area contributed by atoms with Crippen molar-refractivity contribution in [1.29, 1.82) is 0 Å². The zero-order valence-electron chi connectivity index (χ0n) is 8.74. The lowest BCUT2D eigenvalue weighted by Crippen LogP contribution is -2.28. The lowest BCUT2D eigenvalue weighted by molar-refractivity contribution is 0.111. The van der Waals surface area contributed by atoms with E-state index < -0.39 is 0 Å². The molecule has 1 aliphatic heterocycles. The minimum atomic E-state index is -0.378. The number of nitrogens with zero attached hydrogens (tertiary/aromatic N) is 2. The van der Waals surface area contributed by atoms with Crippen LogP contribution in [0, 0.1) is 0 Å². The molecule has 4 nitrogen and oxygen atoms in total. The van der Waals surface area contributed by atoms with Crippen molar-refractivity contribution in [3.8, 4) is 0 Å². The van der Waals surface area contributed by atoms with Crippen molar-refractivity contribution in [1.82, 2.24) is 4.90 Å². The van der Waals surface area contributed by atoms with Crippen LogP contribution in [-0.4, -0.2) is 23.9 Å². The van der Waals surface area contributed by atoms with E-state index in [1.807, 2.05) is 30.3 Å². The molecule has 0 aliphatic carbocycles. The van der Waals surface area contributed by atoms with Crippen LogP contribution in [0.2, 0.25) is 0 Å². The van der Waals surface area contributed by atoms with Crippen LogP contribution in [0.25, 0.3) is 0 Å². The second kappa shape index (κ2) is 5.11. The highest BCUT2D eigenvalue weighted by molar-refractivity contribution is 5.76. The van der Waals surface area contributed by atoms with E-state index in [2.05, 4.69) is 4.99 Å². The first kappa shape index (κ1) is 10.4. The summed E-state index contributed by atoms with van der Waals surface area (Å²) < 4.78 is 5.13. The summed E-state index contributed by atoms with van der Waals surface area (Å²) in [6.45, 7) is 0.609. The van der Waals surface area contributed by atoms with Crippen LogP contribution in [0.5, 0.6) is 0 Å². The molecule has 0 N–H and O–H groups in total. The van der Waals surface area contributed by atoms with Gasteiger partial charge in [0.15, 0.2) is 0 Å². The monoisotopic (exact) mass is 216 g/mol. The van der Waals surface area contributed by atoms with Crippen LogP contribution in [0.3, 0.4) is 0 Å². The Labute approximate surface area is 93.9 Å². The van der Waals surface area contributed by atoms with Crippen molar-refractivity contribution in [2.24, 2.45) is 4.99 Å². The molecule has 16 heavy (non-hydrogen) atoms. The standard InChI is InChI=1S/C12H12N2O2/c15-12(14-8-4-7-13-10-14)16-9-11-5-2-1-3-6-11/h1-8H,9-10H2. The van der Waals surface area contributed by atoms with Crippen LogP contribution in [0.4, 0.5) is 4.79 Å². The molecule has 1 aromatic carbocycles. The van der Waals surface area contributed by atoms with Gasteiger partial charge in [-0.2, -0.15) is 0 Å². The summed E-state index contributed by atoms with van der Waals surface area (Å²) in [6.07, 6.45) is 4.63. The van der Waals surface area contributed by atoms with Crippen LogP contribution in [-0.2, 0) is 11.3 Å². The Hall–Kier alpha value is -2.10. The lowest BCUT2D eigenvalue weighted by atomic mass is 10.2. The maximum atomic E-state index is 11.5. The van der Waals surface area contributed by atoms with Gasteiger partial charge >= 0.3 is 6.09 Å². The molecular weight excluding hydrogens is 204 g/mol. The maximum Gasteiger partial charge on any atom is 0.415 e. The molecule has 1 aromatic rings. The molecule has 0 spiro atoms. The third-order valence-electron chi connectivity index (χ3n) is 2.13. The molecule has 0 radical (unpaired) electrons. The molecule has 0 aromatic heterocycles. The van der Waals surface area contributed by atoms with Crippen molar-refractivity contribution >= 4 is 12.3 Å². The zero-order valence-corrected chi connectivity index (χ0v) is 8.74. The molecule has 1 aliphatic rings. The summed E-state index contributed by atoms with van der Waals surface area (Å²) in [7, 11) is 0. The Kier molecular flexibility index (Phi) is 3.33. The van der Waals surface area contributed by atoms with Gasteiger partial charge in [-0.25, -0.2) is 4.79 Å². The number of carbonyl (C=O) groups is 1. The number of carbonyl (C=O) groups excluding carboxylic acids is 1. The third kappa shape index (κ3) is 2.70. The van der Waals surface area contributed by atoms with Gasteiger partial charge in [-0.3, -0.25) is 9.89 Å². The minimum absolute atomic E-state index is 0.285. The van der Waals surface area contributed by atoms with Crippen LogP contribution >= 0.6 is 0 Å². The van der Waals surface area contributed by atoms with Gasteiger partial charge in [0, 0.05) is 12.4 Å². The summed E-state index contributed by atoms with van der Waals surface area (Å²) >= 11 is 0. The van der Waals surface area contributed by atoms with Gasteiger partial charge < -0.3 is 4.74 Å². The van der Waals surface area contributed by atoms with Crippen LogP contribution in [0.1, 0.15) is 5.56 Å². The number of hydrogen-bond donors (Lipinski definition) is 0. The lowest BCUT2D eigenvalue weighted by Gasteiger charge is -2.17. The van der Waals surface area contributed by atoms with E-state index in [-0.39, 0.29) is 12.7 Å². The third-order valence-corrected chi connectivity index (χ3v) is 2.13. The van der Waals surface area contributed by atoms with Crippen LogP contribution < -0.4 is 0 Å². The fourth-order valence-electron chi connectivity index (χ4n) is 1.31. The molecule has 1 amide bonds. The molecule has 1 heterocycles. The average molecular weight is 216 g/mol. The Morgan fingerprint density at radius 2 is 2.19 bits per heavy atom. The van der Waals surface area contributed by atoms with Crippen molar-refractivity contribution in [2.45, 2.75) is 6.61 Å². The second-order valence-electron chi connectivity index (χ2n) is 3.32. The SMILES string of the molecule is O=C(OCc1ccccc1)N1C=CC=NC1. The molecule has 0 fully saturated rings. The van der Waals surface area contributed by atoms with Gasteiger partial charge in [-0.05, 0) is 11.6 Å². The Morgan fingerprint density at radius 3 is 2.88 bits per heavy atom. The molecule has 0 bridgehead atoms. The van der Waals surface area contributed by atoms with Crippen LogP contribution in [0.15, 0.2) is 47.6 Å². The summed E-state index contributed by atoms with van der Waals surface area (Å²) in [4.78, 5) is 16.9. The largest absolute Gasteiger partial charge is 0.444 e. The Balaban J connectivity index is 1.84. The molecule has 0 saturated carbocycles. The van der Waals surface area contributed by atoms with E-state index in [1.54, 1.807) is 18.5 Å². The fourth-order valence-corrected chi connectivity index (χ4v) is 1.31. The van der Waals surface area contributed by atoms with Gasteiger partial charge in [0.05, 0.1) is 0 Å². The predicted octanol–water partition coefficient (Wildman–Crippen LogP) is 2.18. The van der Waals surface area contributed by atoms with E-state index in [9.17, 15) is 4.79 Å². The number of amides is 1. The number of rotatable bonds is 2. The highest BCUT2D eigenvalue weighted by Gasteiger charge is 2.12. The first-order valence-corrected chi connectivity index (χ1v) is 5.00. The van der Waals surface area contributed by atoms with E-state index in [4.69, 9.17) is 4.74 Å². The van der Waals surface area contributed by atoms with Crippen molar-refractivity contribution in [2.75, 3.05) is 6.67 Å². The molecule has 0 atom stereocenters. The number of ether oxygens (including phenoxy) is 1. The smallest absolute Gasteiger partial charge is 0.415 e. The topological polar surface area (TPSA) is 41.9 Å². The second-order valence-corrected chi connectivity index (χ2v) is 3.32. The quantitative estimate of drug-likeness (QED) is 0.760. The first-order valence-electron chi connectivity index (χ1n) is 5.00. The highest BCUT2D eigenvalue weighted by Crippen LogP contribution is 2.04. The number of aliphatic imine (C=N–C) groups is 1. The molecule has 2 rings (SSSR count). The van der Waals surface area contributed by atoms with E-state index in [1.165, 1.54) is 4.90 Å². The summed E-state index contributed by atoms with van der Waals surface area (Å²) in [6, 6.07) is 9.57. The van der Waals surface area contributed by atoms with Crippen molar-refractivity contribution in [3.63, 3.8) is 0 Å². The first-order chi connectivity index (χ1) is 7.86. The highest BCUT2D eigenvalue weighted by atomic mass is 16.6. The van der Waals surface area contributed by atoms with Gasteiger partial charge in [0.2, 0.25) is 0 Å². The van der Waals surface area contributed by atoms with Gasteiger partial charge in [0.25, 0.3) is 0 Å². The minimum Gasteiger partial charge on any atom is -0.444 e. The van der Waals surface area contributed by atoms with Gasteiger partial charge in [0.1, 0.15) is 13.3 Å². The zero-order chi connectivity index (χ0) is 11.2. The Bertz CT molecular complexity index is 412. The number of benzene rings is 1. The van der Waals surface area contributed by atoms with Gasteiger partial charge in [-0.15, -0.1) is 0 Å². The number of allylic oxidation sites excluding steroid dienone is 1. The Morgan fingerprint density at radius 1 is 1.38 bits per heavy atom. The molecule has 4 heteroatoms. The molecule has 82 valence electrons. The molecule has 0 saturated heterocycles. The van der Waals surface area contributed by atoms with E-state index >= 15 is 0 Å². The summed E-state index contributed by atoms with van der Waals surface area (Å²) in [5.74, 6) is 0. The van der Waals surface area contributed by atoms with E-state index in [0.717, 1.165) is 5.56 Å². The van der Waals surface area contributed by atoms with E-state index in [0.29, 0.717) is 6.67 Å². The van der Waals surface area contributed by atoms with Crippen molar-refractivity contribution < 1.29 is 9.53 Å². The number of hydrogen-bond acceptors (Lipinski definition) is 3. The summed E-state index contributed by atoms with van der Waals surface area (Å²) in [5, 5.41) is 0. The summed E-state index contributed by atoms with van der Waals surface area (Å²) in [5.41, 5.74) is 0.973. The fraction of sp³-hybridized carbons (Fsp3) is 0.167. The molecule has 0 unspecified atom stereocenters. The average Bonchev–Trinajstić information content (AvgIpc) is 2.38. The van der Waals surface area contributed by atoms with Crippen molar-refractivity contribution in [3.05, 3.63) is 48.2 Å².